The van der Waals surface area contributed by atoms with Crippen molar-refractivity contribution in [2.24, 2.45) is 5.73 Å². The number of para-hydroxylation sites is 1. The van der Waals surface area contributed by atoms with Crippen LogP contribution in [0.5, 0.6) is 0 Å². The van der Waals surface area contributed by atoms with Crippen LogP contribution in [0.25, 0.3) is 0 Å². The highest BCUT2D eigenvalue weighted by atomic mass is 32.1. The predicted octanol–water partition coefficient (Wildman–Crippen LogP) is 3.11. The first-order chi connectivity index (χ1) is 8.70. The third-order valence-electron chi connectivity index (χ3n) is 2.46. The quantitative estimate of drug-likeness (QED) is 0.851. The van der Waals surface area contributed by atoms with E-state index in [1.54, 1.807) is 4.90 Å². The second-order valence-electron chi connectivity index (χ2n) is 3.68. The van der Waals surface area contributed by atoms with Gasteiger partial charge in [-0.3, -0.25) is 4.90 Å². The van der Waals surface area contributed by atoms with Crippen molar-refractivity contribution >= 4 is 40.2 Å². The fourth-order valence-corrected chi connectivity index (χ4v) is 2.23. The first-order valence-corrected chi connectivity index (χ1v) is 6.26. The lowest BCUT2D eigenvalue weighted by Crippen LogP contribution is -2.40. The molecule has 0 aliphatic heterocycles. The van der Waals surface area contributed by atoms with Crippen molar-refractivity contribution in [1.82, 2.24) is 0 Å². The summed E-state index contributed by atoms with van der Waals surface area (Å²) in [4.78, 5) is 2.30. The highest BCUT2D eigenvalue weighted by molar-refractivity contribution is 7.82. The Bertz CT molecular complexity index is 553. The van der Waals surface area contributed by atoms with Crippen molar-refractivity contribution < 1.29 is 0 Å². The summed E-state index contributed by atoms with van der Waals surface area (Å²) in [5.41, 5.74) is 7.57. The standard InChI is InChI=1S/C14H12N2S2/c15-14(18)16(12-9-5-2-6-10-12)13(17)11-7-3-1-4-8-11/h1-10H,(H2,15,18). The Labute approximate surface area is 117 Å². The number of thiocarbonyl (C=S) groups is 2. The van der Waals surface area contributed by atoms with Crippen LogP contribution in [0.15, 0.2) is 60.7 Å². The number of nitrogens with two attached hydrogens (primary N) is 1. The Morgan fingerprint density at radius 2 is 1.33 bits per heavy atom. The fourth-order valence-electron chi connectivity index (χ4n) is 1.63. The normalized spacial score (nSPS) is 9.78. The Balaban J connectivity index is 2.39. The number of rotatable bonds is 2. The minimum absolute atomic E-state index is 0.245. The van der Waals surface area contributed by atoms with Gasteiger partial charge in [-0.2, -0.15) is 0 Å². The Morgan fingerprint density at radius 1 is 0.833 bits per heavy atom. The molecule has 0 saturated heterocycles. The number of anilines is 1. The minimum atomic E-state index is 0.245. The molecular formula is C14H12N2S2. The molecule has 2 rings (SSSR count). The van der Waals surface area contributed by atoms with Gasteiger partial charge in [-0.1, -0.05) is 60.7 Å². The molecule has 0 fully saturated rings. The average molecular weight is 272 g/mol. The zero-order valence-electron chi connectivity index (χ0n) is 9.61. The van der Waals surface area contributed by atoms with Crippen molar-refractivity contribution in [3.63, 3.8) is 0 Å². The first kappa shape index (κ1) is 12.7. The summed E-state index contributed by atoms with van der Waals surface area (Å²) in [5.74, 6) is 0. The smallest absolute Gasteiger partial charge is 0.176 e. The van der Waals surface area contributed by atoms with Gasteiger partial charge in [0.05, 0.1) is 0 Å². The van der Waals surface area contributed by atoms with Gasteiger partial charge in [0.25, 0.3) is 0 Å². The summed E-state index contributed by atoms with van der Waals surface area (Å²) < 4.78 is 0. The van der Waals surface area contributed by atoms with Crippen LogP contribution in [0.2, 0.25) is 0 Å². The van der Waals surface area contributed by atoms with E-state index in [0.717, 1.165) is 11.3 Å². The molecule has 4 heteroatoms. The van der Waals surface area contributed by atoms with E-state index in [9.17, 15) is 0 Å². The Hall–Kier alpha value is -1.78. The fraction of sp³-hybridized carbons (Fsp3) is 0. The number of hydrogen-bond acceptors (Lipinski definition) is 2. The number of nitrogens with zero attached hydrogens (tertiary/aromatic N) is 1. The van der Waals surface area contributed by atoms with Gasteiger partial charge in [-0.05, 0) is 24.4 Å². The topological polar surface area (TPSA) is 29.3 Å². The van der Waals surface area contributed by atoms with E-state index in [1.807, 2.05) is 60.7 Å². The maximum Gasteiger partial charge on any atom is 0.176 e. The summed E-state index contributed by atoms with van der Waals surface area (Å²) in [6, 6.07) is 19.3. The zero-order valence-corrected chi connectivity index (χ0v) is 11.2. The van der Waals surface area contributed by atoms with Crippen molar-refractivity contribution in [3.8, 4) is 0 Å². The van der Waals surface area contributed by atoms with Gasteiger partial charge in [0.15, 0.2) is 5.11 Å². The molecule has 0 amide bonds. The molecule has 0 spiro atoms. The molecule has 2 nitrogen and oxygen atoms in total. The molecule has 18 heavy (non-hydrogen) atoms. The number of benzene rings is 2. The van der Waals surface area contributed by atoms with Gasteiger partial charge in [0, 0.05) is 11.3 Å². The highest BCUT2D eigenvalue weighted by Gasteiger charge is 2.15. The molecular weight excluding hydrogens is 260 g/mol. The molecule has 0 aromatic heterocycles. The molecule has 90 valence electrons. The van der Waals surface area contributed by atoms with Gasteiger partial charge in [-0.25, -0.2) is 0 Å². The van der Waals surface area contributed by atoms with E-state index in [2.05, 4.69) is 0 Å². The van der Waals surface area contributed by atoms with Crippen LogP contribution in [0.1, 0.15) is 5.56 Å². The van der Waals surface area contributed by atoms with Crippen LogP contribution in [-0.2, 0) is 0 Å². The molecule has 0 bridgehead atoms. The van der Waals surface area contributed by atoms with Crippen LogP contribution < -0.4 is 10.6 Å². The largest absolute Gasteiger partial charge is 0.376 e. The first-order valence-electron chi connectivity index (χ1n) is 5.44. The van der Waals surface area contributed by atoms with Crippen molar-refractivity contribution in [2.75, 3.05) is 4.90 Å². The number of hydrogen-bond donors (Lipinski definition) is 1. The molecule has 0 unspecified atom stereocenters. The van der Waals surface area contributed by atoms with Crippen molar-refractivity contribution in [3.05, 3.63) is 66.2 Å². The molecule has 2 aromatic carbocycles. The van der Waals surface area contributed by atoms with Crippen LogP contribution in [0.4, 0.5) is 5.69 Å². The van der Waals surface area contributed by atoms with E-state index >= 15 is 0 Å². The van der Waals surface area contributed by atoms with Crippen LogP contribution in [0.3, 0.4) is 0 Å². The molecule has 0 radical (unpaired) electrons. The summed E-state index contributed by atoms with van der Waals surface area (Å²) in [6.45, 7) is 0. The van der Waals surface area contributed by atoms with E-state index in [4.69, 9.17) is 30.2 Å². The summed E-state index contributed by atoms with van der Waals surface area (Å²) in [7, 11) is 0. The van der Waals surface area contributed by atoms with Crippen LogP contribution in [0, 0.1) is 0 Å². The lowest BCUT2D eigenvalue weighted by atomic mass is 10.2. The van der Waals surface area contributed by atoms with E-state index < -0.39 is 0 Å². The van der Waals surface area contributed by atoms with E-state index in [1.165, 1.54) is 0 Å². The predicted molar refractivity (Wildman–Crippen MR) is 83.8 cm³/mol. The summed E-state index contributed by atoms with van der Waals surface area (Å²) in [5, 5.41) is 0.245. The summed E-state index contributed by atoms with van der Waals surface area (Å²) >= 11 is 10.6. The molecule has 0 atom stereocenters. The monoisotopic (exact) mass is 272 g/mol. The summed E-state index contributed by atoms with van der Waals surface area (Å²) in [6.07, 6.45) is 0. The second-order valence-corrected chi connectivity index (χ2v) is 4.49. The molecule has 0 saturated carbocycles. The molecule has 2 N–H and O–H groups in total. The van der Waals surface area contributed by atoms with Crippen molar-refractivity contribution in [2.45, 2.75) is 0 Å². The second kappa shape index (κ2) is 5.71. The van der Waals surface area contributed by atoms with Gasteiger partial charge < -0.3 is 5.73 Å². The molecule has 2 aromatic rings. The molecule has 0 aliphatic carbocycles. The lowest BCUT2D eigenvalue weighted by Gasteiger charge is -2.23. The van der Waals surface area contributed by atoms with E-state index in [0.29, 0.717) is 4.99 Å². The Morgan fingerprint density at radius 3 is 1.83 bits per heavy atom. The highest BCUT2D eigenvalue weighted by Crippen LogP contribution is 2.17. The minimum Gasteiger partial charge on any atom is -0.376 e. The van der Waals surface area contributed by atoms with Crippen LogP contribution >= 0.6 is 24.4 Å². The zero-order chi connectivity index (χ0) is 13.0. The van der Waals surface area contributed by atoms with E-state index in [-0.39, 0.29) is 5.11 Å². The van der Waals surface area contributed by atoms with Gasteiger partial charge >= 0.3 is 0 Å². The molecule has 0 aliphatic rings. The van der Waals surface area contributed by atoms with Crippen molar-refractivity contribution in [1.29, 1.82) is 0 Å². The van der Waals surface area contributed by atoms with Crippen LogP contribution in [-0.4, -0.2) is 10.1 Å². The average Bonchev–Trinajstić information content (AvgIpc) is 2.40. The molecule has 0 heterocycles. The third-order valence-corrected chi connectivity index (χ3v) is 3.06. The van der Waals surface area contributed by atoms with Gasteiger partial charge in [0.1, 0.15) is 4.99 Å². The maximum absolute atomic E-state index is 5.78. The third kappa shape index (κ3) is 2.72. The SMILES string of the molecule is NC(=S)N(C(=S)c1ccccc1)c1ccccc1. The Kier molecular flexibility index (Phi) is 4.02. The van der Waals surface area contributed by atoms with Gasteiger partial charge in [-0.15, -0.1) is 0 Å². The lowest BCUT2D eigenvalue weighted by molar-refractivity contribution is 1.42. The van der Waals surface area contributed by atoms with Gasteiger partial charge in [0.2, 0.25) is 0 Å². The maximum atomic E-state index is 5.78.